The number of carboxylic acids is 1. The van der Waals surface area contributed by atoms with Crippen LogP contribution in [-0.2, 0) is 24.7 Å². The molecule has 4 rings (SSSR count). The van der Waals surface area contributed by atoms with Gasteiger partial charge in [0.1, 0.15) is 5.52 Å². The number of halogens is 1. The summed E-state index contributed by atoms with van der Waals surface area (Å²) in [6, 6.07) is 10.5. The van der Waals surface area contributed by atoms with E-state index in [0.29, 0.717) is 6.42 Å². The van der Waals surface area contributed by atoms with Crippen LogP contribution >= 0.6 is 11.6 Å². The van der Waals surface area contributed by atoms with Crippen LogP contribution in [0.4, 0.5) is 0 Å². The molecule has 5 nitrogen and oxygen atoms in total. The first-order chi connectivity index (χ1) is 13.7. The Morgan fingerprint density at radius 1 is 1.34 bits per heavy atom. The third-order valence-electron chi connectivity index (χ3n) is 6.53. The van der Waals surface area contributed by atoms with E-state index in [4.69, 9.17) is 11.6 Å². The highest BCUT2D eigenvalue weighted by Crippen LogP contribution is 2.42. The fourth-order valence-corrected chi connectivity index (χ4v) is 4.81. The van der Waals surface area contributed by atoms with Gasteiger partial charge in [0.2, 0.25) is 0 Å². The smallest absolute Gasteiger partial charge is 0.309 e. The first-order valence-corrected chi connectivity index (χ1v) is 10.4. The molecule has 152 valence electrons. The number of fused-ring (bicyclic) bond motifs is 2. The largest absolute Gasteiger partial charge is 0.481 e. The van der Waals surface area contributed by atoms with Crippen LogP contribution in [0.2, 0.25) is 0 Å². The number of aryl methyl sites for hydroxylation is 3. The second-order valence-corrected chi connectivity index (χ2v) is 9.21. The molecule has 29 heavy (non-hydrogen) atoms. The molecule has 1 aliphatic rings. The van der Waals surface area contributed by atoms with Crippen molar-refractivity contribution in [1.29, 1.82) is 0 Å². The Hall–Kier alpha value is -2.40. The van der Waals surface area contributed by atoms with Gasteiger partial charge in [-0.1, -0.05) is 29.5 Å². The highest BCUT2D eigenvalue weighted by molar-refractivity contribution is 6.21. The Labute approximate surface area is 175 Å². The van der Waals surface area contributed by atoms with Crippen molar-refractivity contribution < 1.29 is 9.90 Å². The maximum Gasteiger partial charge on any atom is 0.309 e. The van der Waals surface area contributed by atoms with Crippen LogP contribution in [0, 0.1) is 12.3 Å². The van der Waals surface area contributed by atoms with Crippen molar-refractivity contribution in [2.24, 2.45) is 12.5 Å². The van der Waals surface area contributed by atoms with Crippen LogP contribution in [0.25, 0.3) is 11.0 Å². The molecule has 0 aliphatic heterocycles. The van der Waals surface area contributed by atoms with E-state index in [1.807, 2.05) is 26.1 Å². The van der Waals surface area contributed by atoms with Gasteiger partial charge in [-0.25, -0.2) is 4.68 Å². The molecule has 3 aromatic rings. The Morgan fingerprint density at radius 2 is 2.10 bits per heavy atom. The fourth-order valence-electron chi connectivity index (χ4n) is 4.49. The normalized spacial score (nSPS) is 17.5. The van der Waals surface area contributed by atoms with E-state index in [2.05, 4.69) is 28.5 Å². The van der Waals surface area contributed by atoms with Gasteiger partial charge in [-0.05, 0) is 73.9 Å². The average Bonchev–Trinajstić information content (AvgIpc) is 3.24. The van der Waals surface area contributed by atoms with E-state index < -0.39 is 11.4 Å². The number of aromatic nitrogens is 3. The van der Waals surface area contributed by atoms with Crippen molar-refractivity contribution in [3.8, 4) is 0 Å². The highest BCUT2D eigenvalue weighted by atomic mass is 35.5. The molecule has 0 saturated carbocycles. The number of carbonyl (C=O) groups is 1. The van der Waals surface area contributed by atoms with Gasteiger partial charge in [0, 0.05) is 13.0 Å². The van der Waals surface area contributed by atoms with Gasteiger partial charge in [0.25, 0.3) is 0 Å². The van der Waals surface area contributed by atoms with Gasteiger partial charge >= 0.3 is 5.97 Å². The van der Waals surface area contributed by atoms with E-state index in [1.54, 1.807) is 18.5 Å². The Balaban J connectivity index is 1.80. The molecule has 2 atom stereocenters. The molecule has 1 aromatic heterocycles. The molecule has 0 bridgehead atoms. The number of hydrogen-bond donors (Lipinski definition) is 1. The molecular weight excluding hydrogens is 386 g/mol. The summed E-state index contributed by atoms with van der Waals surface area (Å²) in [7, 11) is 1.86. The lowest BCUT2D eigenvalue weighted by molar-refractivity contribution is -0.148. The molecule has 1 N–H and O–H groups in total. The number of nitrogens with zero attached hydrogens (tertiary/aromatic N) is 3. The first kappa shape index (κ1) is 19.9. The van der Waals surface area contributed by atoms with Crippen molar-refractivity contribution in [3.63, 3.8) is 0 Å². The molecule has 0 fully saturated rings. The van der Waals surface area contributed by atoms with Crippen LogP contribution in [0.15, 0.2) is 30.3 Å². The zero-order chi connectivity index (χ0) is 20.9. The topological polar surface area (TPSA) is 68.0 Å². The standard InChI is InChI=1S/C23H26ClN3O2/c1-13-16(8-10-20-21(13)25-26-27(20)4)18(23(2,3)22(28)29)12-14-5-6-15-7-9-19(24)17(15)11-14/h5-6,8,10-11,18-19H,7,9,12H2,1-4H3,(H,28,29). The number of benzene rings is 2. The van der Waals surface area contributed by atoms with Crippen molar-refractivity contribution in [2.75, 3.05) is 0 Å². The number of aliphatic carboxylic acids is 1. The quantitative estimate of drug-likeness (QED) is 0.604. The van der Waals surface area contributed by atoms with Crippen LogP contribution < -0.4 is 0 Å². The summed E-state index contributed by atoms with van der Waals surface area (Å²) in [5.41, 5.74) is 6.44. The van der Waals surface area contributed by atoms with Crippen LogP contribution in [0.1, 0.15) is 59.4 Å². The minimum Gasteiger partial charge on any atom is -0.481 e. The Morgan fingerprint density at radius 3 is 2.83 bits per heavy atom. The summed E-state index contributed by atoms with van der Waals surface area (Å²) in [6.45, 7) is 5.62. The van der Waals surface area contributed by atoms with Crippen molar-refractivity contribution in [2.45, 2.75) is 51.3 Å². The number of alkyl halides is 1. The molecule has 2 unspecified atom stereocenters. The predicted octanol–water partition coefficient (Wildman–Crippen LogP) is 4.94. The maximum absolute atomic E-state index is 12.2. The summed E-state index contributed by atoms with van der Waals surface area (Å²) in [4.78, 5) is 12.2. The van der Waals surface area contributed by atoms with Gasteiger partial charge in [-0.2, -0.15) is 0 Å². The van der Waals surface area contributed by atoms with E-state index in [-0.39, 0.29) is 11.3 Å². The van der Waals surface area contributed by atoms with Crippen molar-refractivity contribution >= 4 is 28.6 Å². The summed E-state index contributed by atoms with van der Waals surface area (Å²) in [5, 5.41) is 18.5. The molecule has 0 amide bonds. The number of carboxylic acid groups (broad SMARTS) is 1. The molecular formula is C23H26ClN3O2. The average molecular weight is 412 g/mol. The zero-order valence-corrected chi connectivity index (χ0v) is 18.0. The van der Waals surface area contributed by atoms with E-state index in [0.717, 1.165) is 40.6 Å². The molecule has 2 aromatic carbocycles. The Bertz CT molecular complexity index is 1100. The summed E-state index contributed by atoms with van der Waals surface area (Å²) >= 11 is 6.49. The third kappa shape index (κ3) is 3.31. The van der Waals surface area contributed by atoms with E-state index in [9.17, 15) is 9.90 Å². The fraction of sp³-hybridized carbons (Fsp3) is 0.435. The summed E-state index contributed by atoms with van der Waals surface area (Å²) in [5.74, 6) is -1.02. The monoisotopic (exact) mass is 411 g/mol. The second kappa shape index (κ2) is 7.13. The number of hydrogen-bond acceptors (Lipinski definition) is 3. The molecule has 0 saturated heterocycles. The first-order valence-electron chi connectivity index (χ1n) is 9.98. The SMILES string of the molecule is Cc1c(C(Cc2ccc3c(c2)C(Cl)CC3)C(C)(C)C(=O)O)ccc2c1nnn2C. The highest BCUT2D eigenvalue weighted by Gasteiger charge is 2.39. The van der Waals surface area contributed by atoms with Crippen LogP contribution in [-0.4, -0.2) is 26.1 Å². The van der Waals surface area contributed by atoms with Crippen molar-refractivity contribution in [3.05, 3.63) is 58.1 Å². The van der Waals surface area contributed by atoms with Crippen LogP contribution in [0.5, 0.6) is 0 Å². The lowest BCUT2D eigenvalue weighted by Gasteiger charge is -2.32. The Kier molecular flexibility index (Phi) is 4.89. The molecule has 6 heteroatoms. The van der Waals surface area contributed by atoms with E-state index in [1.165, 1.54) is 11.1 Å². The second-order valence-electron chi connectivity index (χ2n) is 8.68. The van der Waals surface area contributed by atoms with Gasteiger partial charge in [0.15, 0.2) is 0 Å². The maximum atomic E-state index is 12.2. The zero-order valence-electron chi connectivity index (χ0n) is 17.2. The number of rotatable bonds is 5. The van der Waals surface area contributed by atoms with Crippen molar-refractivity contribution in [1.82, 2.24) is 15.0 Å². The van der Waals surface area contributed by atoms with Gasteiger partial charge < -0.3 is 5.11 Å². The lowest BCUT2D eigenvalue weighted by Crippen LogP contribution is -2.33. The third-order valence-corrected chi connectivity index (χ3v) is 6.98. The predicted molar refractivity (Wildman–Crippen MR) is 114 cm³/mol. The van der Waals surface area contributed by atoms with Gasteiger partial charge in [-0.15, -0.1) is 16.7 Å². The molecule has 1 heterocycles. The lowest BCUT2D eigenvalue weighted by atomic mass is 9.70. The van der Waals surface area contributed by atoms with Gasteiger partial charge in [0.05, 0.1) is 16.3 Å². The molecule has 1 aliphatic carbocycles. The van der Waals surface area contributed by atoms with E-state index >= 15 is 0 Å². The van der Waals surface area contributed by atoms with Crippen LogP contribution in [0.3, 0.4) is 0 Å². The summed E-state index contributed by atoms with van der Waals surface area (Å²) < 4.78 is 1.74. The molecule has 0 spiro atoms. The minimum absolute atomic E-state index is 0.0496. The molecule has 0 radical (unpaired) electrons. The minimum atomic E-state index is -0.944. The van der Waals surface area contributed by atoms with Gasteiger partial charge in [-0.3, -0.25) is 4.79 Å². The summed E-state index contributed by atoms with van der Waals surface area (Å²) in [6.07, 6.45) is 2.60.